The molecule has 4 aliphatic rings. The Labute approximate surface area is 593 Å². The average Bonchev–Trinajstić information content (AvgIpc) is 1.68. The maximum Gasteiger partial charge on any atom is 0.353 e. The Morgan fingerprint density at radius 3 is 1.41 bits per heavy atom. The Bertz CT molecular complexity index is 3840. The number of aromatic nitrogens is 8. The summed E-state index contributed by atoms with van der Waals surface area (Å²) in [6.07, 6.45) is -4.24. The molecule has 97 heavy (non-hydrogen) atoms. The zero-order valence-corrected chi connectivity index (χ0v) is 60.1. The molecule has 8 heterocycles. The molecule has 4 saturated heterocycles. The molecule has 542 valence electrons. The molecule has 0 spiro atoms. The molecule has 37 heteroatoms. The first kappa shape index (κ1) is 82.3. The van der Waals surface area contributed by atoms with E-state index in [0.29, 0.717) is 5.56 Å². The van der Waals surface area contributed by atoms with Crippen LogP contribution in [-0.4, -0.2) is 173 Å². The summed E-state index contributed by atoms with van der Waals surface area (Å²) in [4.78, 5) is 93.2. The molecule has 0 bridgehead atoms. The van der Waals surface area contributed by atoms with Crippen LogP contribution in [0.5, 0.6) is 5.88 Å². The van der Waals surface area contributed by atoms with E-state index < -0.39 is 148 Å². The van der Waals surface area contributed by atoms with Crippen molar-refractivity contribution in [3.63, 3.8) is 0 Å². The Kier molecular flexibility index (Phi) is 29.2. The predicted octanol–water partition coefficient (Wildman–Crippen LogP) is 2.70. The van der Waals surface area contributed by atoms with Crippen LogP contribution in [-0.2, 0) is 39.2 Å². The Morgan fingerprint density at radius 2 is 1.02 bits per heavy atom. The quantitative estimate of drug-likeness (QED) is 0.0263. The normalized spacial score (nSPS) is 27.8. The number of nitrogens with zero attached hydrogens (tertiary/aromatic N) is 7. The predicted molar refractivity (Wildman–Crippen MR) is 351 cm³/mol. The molecule has 18 atom stereocenters. The SMILES string of the molecule is CC[C@H]1O[C@@H](n2ccc(=O)[nH]c2=O)C(O[Si](C)(C)C(C)(C)C)[C@H]1C.CC[C@H]1O[C@@H](n2ccc(OS(=O)[O-])nc2=O)C(O[Si](C)(C)C(C)(C)C)[C@H]1C.C[C@H](Nc1ccn([C@@H]2O[C@H](CO)[C@H](O)C2O)c(=O)n1)c1ccccc1[N+](=O)[O-].O=c1ccn([C@@H]2O[C@H](CO)[C@H](O)C2O)c(=O)[nH]1.[Ar]. The first-order valence-corrected chi connectivity index (χ1v) is 38.0. The number of hydrogen-bond donors (Lipinski definition) is 9. The third-order valence-corrected chi connectivity index (χ3v) is 27.5. The Morgan fingerprint density at radius 1 is 0.629 bits per heavy atom. The van der Waals surface area contributed by atoms with Gasteiger partial charge in [-0.15, -0.1) is 0 Å². The minimum Gasteiger partial charge on any atom is -0.740 e. The maximum absolute atomic E-state index is 12.5. The monoisotopic (exact) mass is 1450 g/mol. The first-order valence-electron chi connectivity index (χ1n) is 31.2. The van der Waals surface area contributed by atoms with Gasteiger partial charge in [0.25, 0.3) is 16.8 Å². The molecule has 9 rings (SSSR count). The first-order chi connectivity index (χ1) is 44.7. The number of para-hydroxylation sites is 1. The minimum absolute atomic E-state index is 0. The standard InChI is InChI=1S/C17H20N4O7.C17H30N2O6SSi.C17H30N2O4Si.C9H12N2O6.Ar/c1-9(10-4-2-3-5-11(10)21(26)27)18-13-6-7-20(17(25)19-13)16-15(24)14(23)12(8-22)28-16;1-8-12-11(2)14(25-27(6,7)17(3,4)5)15(23-12)19-10-9-13(18-16(19)20)24-26(21)22;1-8-12-11(2)14(23-24(6,7)17(3,4)5)15(22-12)19-10-9-13(20)18-16(19)21;12-3-4-6(14)7(15)8(17-4)11-2-1-5(13)10-9(11)16;/h2-7,9,12,14-16,22-24H,8H2,1H3,(H,18,19,25);9-12,14-15H,8H2,1-7H3,(H,21,22);9-12,14-15H,8H2,1-7H3,(H,18,20,21);1-2,4,6-8,12,14-15H,3H2,(H,10,13,16);/p-1/t9-,12+,14-,15?,16+;2*11-,12+,14?,15+;4-,6+,7?,8-;/m0001./s1. The number of benzene rings is 1. The molecule has 1 aromatic carbocycles. The molecule has 5 aromatic rings. The van der Waals surface area contributed by atoms with Crippen LogP contribution < -0.4 is 43.4 Å². The second-order valence-electron chi connectivity index (χ2n) is 26.8. The van der Waals surface area contributed by atoms with Crippen molar-refractivity contribution >= 4 is 39.5 Å². The summed E-state index contributed by atoms with van der Waals surface area (Å²) >= 11 is -2.79. The van der Waals surface area contributed by atoms with Gasteiger partial charge in [0.05, 0.1) is 54.2 Å². The van der Waals surface area contributed by atoms with Gasteiger partial charge in [0.15, 0.2) is 41.5 Å². The minimum atomic E-state index is -2.79. The van der Waals surface area contributed by atoms with Crippen LogP contribution in [0.4, 0.5) is 11.5 Å². The largest absolute Gasteiger partial charge is 0.740 e. The van der Waals surface area contributed by atoms with Gasteiger partial charge in [-0.3, -0.25) is 47.9 Å². The van der Waals surface area contributed by atoms with Crippen LogP contribution in [0.2, 0.25) is 36.3 Å². The number of nitrogens with one attached hydrogen (secondary N) is 3. The topological polar surface area (TPSA) is 461 Å². The van der Waals surface area contributed by atoms with E-state index in [2.05, 4.69) is 113 Å². The van der Waals surface area contributed by atoms with Gasteiger partial charge in [0, 0.05) is 98.6 Å². The number of nitro benzene ring substituents is 1. The summed E-state index contributed by atoms with van der Waals surface area (Å²) in [5.74, 6) is 0.183. The Balaban J connectivity index is 0.000000236. The molecular formula is C60H91ArN10O23SSi2-. The molecular weight excluding hydrogens is 1360 g/mol. The van der Waals surface area contributed by atoms with Gasteiger partial charge in [0.2, 0.25) is 5.88 Å². The number of ether oxygens (including phenoxy) is 4. The van der Waals surface area contributed by atoms with E-state index in [0.717, 1.165) is 34.2 Å². The van der Waals surface area contributed by atoms with E-state index in [1.807, 2.05) is 11.9 Å². The maximum atomic E-state index is 12.5. The third-order valence-electron chi connectivity index (χ3n) is 18.3. The van der Waals surface area contributed by atoms with Crippen molar-refractivity contribution in [3.05, 3.63) is 152 Å². The van der Waals surface area contributed by atoms with Crippen LogP contribution >= 0.6 is 0 Å². The Hall–Kier alpha value is -5.34. The van der Waals surface area contributed by atoms with Gasteiger partial charge < -0.3 is 72.5 Å². The van der Waals surface area contributed by atoms with Gasteiger partial charge in [-0.25, -0.2) is 23.4 Å². The number of aliphatic hydroxyl groups is 6. The number of anilines is 1. The summed E-state index contributed by atoms with van der Waals surface area (Å²) in [6, 6.07) is 10.9. The molecule has 4 aromatic heterocycles. The fourth-order valence-electron chi connectivity index (χ4n) is 10.6. The van der Waals surface area contributed by atoms with Gasteiger partial charge in [-0.2, -0.15) is 9.97 Å². The molecule has 0 radical (unpaired) electrons. The van der Waals surface area contributed by atoms with E-state index in [-0.39, 0.29) is 101 Å². The number of H-pyrrole nitrogens is 2. The van der Waals surface area contributed by atoms with Crippen LogP contribution in [0.1, 0.15) is 126 Å². The number of nitro groups is 1. The molecule has 0 aliphatic carbocycles. The molecule has 9 N–H and O–H groups in total. The van der Waals surface area contributed by atoms with Gasteiger partial charge >= 0.3 is 22.8 Å². The third kappa shape index (κ3) is 19.8. The fourth-order valence-corrected chi connectivity index (χ4v) is 13.6. The number of hydrogen-bond acceptors (Lipinski definition) is 26. The van der Waals surface area contributed by atoms with Crippen molar-refractivity contribution < 1.29 is 114 Å². The number of rotatable bonds is 18. The van der Waals surface area contributed by atoms with Crippen LogP contribution in [0, 0.1) is 59.7 Å². The van der Waals surface area contributed by atoms with E-state index in [1.54, 1.807) is 25.1 Å². The molecule has 0 saturated carbocycles. The second-order valence-corrected chi connectivity index (χ2v) is 36.9. The summed E-state index contributed by atoms with van der Waals surface area (Å²) in [5, 5.41) is 71.2. The summed E-state index contributed by atoms with van der Waals surface area (Å²) < 4.78 is 66.5. The smallest absolute Gasteiger partial charge is 0.353 e. The zero-order valence-electron chi connectivity index (χ0n) is 56.6. The molecule has 5 unspecified atom stereocenters. The van der Waals surface area contributed by atoms with Crippen molar-refractivity contribution in [2.24, 2.45) is 11.8 Å². The van der Waals surface area contributed by atoms with E-state index in [4.69, 9.17) is 38.0 Å². The second kappa shape index (κ2) is 34.4. The van der Waals surface area contributed by atoms with Crippen molar-refractivity contribution in [2.45, 2.75) is 217 Å². The van der Waals surface area contributed by atoms with Gasteiger partial charge in [-0.1, -0.05) is 87.4 Å². The molecule has 0 amide bonds. The van der Waals surface area contributed by atoms with Crippen LogP contribution in [0.15, 0.2) is 102 Å². The van der Waals surface area contributed by atoms with Crippen molar-refractivity contribution in [3.8, 4) is 5.88 Å². The summed E-state index contributed by atoms with van der Waals surface area (Å²) in [6.45, 7) is 30.8. The number of aromatic amines is 2. The van der Waals surface area contributed by atoms with E-state index >= 15 is 0 Å². The van der Waals surface area contributed by atoms with Crippen molar-refractivity contribution in [1.29, 1.82) is 0 Å². The van der Waals surface area contributed by atoms with Crippen LogP contribution in [0.25, 0.3) is 0 Å². The zero-order chi connectivity index (χ0) is 71.9. The van der Waals surface area contributed by atoms with Gasteiger partial charge in [0.1, 0.15) is 53.8 Å². The van der Waals surface area contributed by atoms with Gasteiger partial charge in [-0.05, 0) is 62.1 Å². The average molecular weight is 1450 g/mol. The van der Waals surface area contributed by atoms with E-state index in [9.17, 15) is 68.1 Å². The fraction of sp³-hybridized carbons (Fsp3) is 0.633. The summed E-state index contributed by atoms with van der Waals surface area (Å²) in [5.41, 5.74) is -3.21. The van der Waals surface area contributed by atoms with E-state index in [1.165, 1.54) is 52.0 Å². The molecule has 33 nitrogen and oxygen atoms in total. The molecule has 4 aliphatic heterocycles. The van der Waals surface area contributed by atoms with Crippen molar-refractivity contribution in [2.75, 3.05) is 18.5 Å². The molecule has 4 fully saturated rings. The summed E-state index contributed by atoms with van der Waals surface area (Å²) in [7, 11) is -4.13. The number of aliphatic hydroxyl groups excluding tert-OH is 6. The van der Waals surface area contributed by atoms with Crippen LogP contribution in [0.3, 0.4) is 0 Å². The van der Waals surface area contributed by atoms with Crippen molar-refractivity contribution in [1.82, 2.24) is 38.2 Å².